The Morgan fingerprint density at radius 2 is 2.15 bits per heavy atom. The predicted octanol–water partition coefficient (Wildman–Crippen LogP) is 3.87. The lowest BCUT2D eigenvalue weighted by Gasteiger charge is -2.39. The molecule has 0 spiro atoms. The Bertz CT molecular complexity index is 531. The van der Waals surface area contributed by atoms with Crippen molar-refractivity contribution in [1.82, 2.24) is 5.32 Å². The fourth-order valence-electron chi connectivity index (χ4n) is 2.74. The molecule has 0 bridgehead atoms. The van der Waals surface area contributed by atoms with Gasteiger partial charge in [-0.05, 0) is 46.3 Å². The van der Waals surface area contributed by atoms with Gasteiger partial charge in [0.15, 0.2) is 0 Å². The van der Waals surface area contributed by atoms with Crippen molar-refractivity contribution in [2.24, 2.45) is 5.41 Å². The lowest BCUT2D eigenvalue weighted by molar-refractivity contribution is 0.0853. The molecule has 1 aliphatic carbocycles. The maximum Gasteiger partial charge on any atom is 0.252 e. The lowest BCUT2D eigenvalue weighted by atomic mass is 9.73. The van der Waals surface area contributed by atoms with E-state index in [1.165, 1.54) is 18.6 Å². The molecular weight excluding hydrogens is 323 g/mol. The summed E-state index contributed by atoms with van der Waals surface area (Å²) >= 11 is 3.22. The second kappa shape index (κ2) is 5.72. The molecule has 3 N–H and O–H groups in total. The van der Waals surface area contributed by atoms with Crippen molar-refractivity contribution in [3.63, 3.8) is 0 Å². The van der Waals surface area contributed by atoms with E-state index >= 15 is 0 Å². The first-order valence-electron chi connectivity index (χ1n) is 6.86. The minimum absolute atomic E-state index is 0.0127. The van der Waals surface area contributed by atoms with E-state index in [1.54, 1.807) is 0 Å². The Morgan fingerprint density at radius 1 is 1.45 bits per heavy atom. The number of nitrogens with one attached hydrogen (secondary N) is 1. The van der Waals surface area contributed by atoms with Crippen molar-refractivity contribution in [2.45, 2.75) is 45.6 Å². The van der Waals surface area contributed by atoms with Crippen LogP contribution < -0.4 is 11.1 Å². The summed E-state index contributed by atoms with van der Waals surface area (Å²) in [5, 5.41) is 3.07. The van der Waals surface area contributed by atoms with Crippen LogP contribution in [0.25, 0.3) is 0 Å². The highest BCUT2D eigenvalue weighted by atomic mass is 79.9. The highest BCUT2D eigenvalue weighted by Gasteiger charge is 2.33. The zero-order valence-corrected chi connectivity index (χ0v) is 13.4. The van der Waals surface area contributed by atoms with Crippen molar-refractivity contribution in [2.75, 3.05) is 5.73 Å². The minimum Gasteiger partial charge on any atom is -0.396 e. The lowest BCUT2D eigenvalue weighted by Crippen LogP contribution is -2.46. The van der Waals surface area contributed by atoms with Crippen LogP contribution in [-0.4, -0.2) is 11.9 Å². The fraction of sp³-hybridized carbons (Fsp3) is 0.533. The summed E-state index contributed by atoms with van der Waals surface area (Å²) in [6, 6.07) is 2.75. The molecule has 0 heterocycles. The molecule has 1 aliphatic rings. The van der Waals surface area contributed by atoms with Crippen molar-refractivity contribution in [1.29, 1.82) is 0 Å². The third kappa shape index (κ3) is 3.14. The molecule has 1 aromatic carbocycles. The molecule has 1 fully saturated rings. The number of rotatable bonds is 2. The maximum absolute atomic E-state index is 13.3. The van der Waals surface area contributed by atoms with E-state index in [9.17, 15) is 9.18 Å². The Morgan fingerprint density at radius 3 is 2.80 bits per heavy atom. The smallest absolute Gasteiger partial charge is 0.252 e. The third-order valence-corrected chi connectivity index (χ3v) is 4.80. The first kappa shape index (κ1) is 15.3. The van der Waals surface area contributed by atoms with Gasteiger partial charge in [0.1, 0.15) is 5.82 Å². The summed E-state index contributed by atoms with van der Waals surface area (Å²) < 4.78 is 13.7. The number of halogens is 2. The number of nitrogens with two attached hydrogens (primary N) is 1. The quantitative estimate of drug-likeness (QED) is 0.801. The van der Waals surface area contributed by atoms with Crippen molar-refractivity contribution >= 4 is 27.5 Å². The van der Waals surface area contributed by atoms with Crippen molar-refractivity contribution < 1.29 is 9.18 Å². The van der Waals surface area contributed by atoms with Crippen LogP contribution in [0.5, 0.6) is 0 Å². The molecule has 5 heteroatoms. The summed E-state index contributed by atoms with van der Waals surface area (Å²) in [4.78, 5) is 12.4. The van der Waals surface area contributed by atoms with Gasteiger partial charge in [-0.1, -0.05) is 26.7 Å². The number of hydrogen-bond acceptors (Lipinski definition) is 2. The van der Waals surface area contributed by atoms with Gasteiger partial charge in [-0.15, -0.1) is 0 Å². The average molecular weight is 343 g/mol. The van der Waals surface area contributed by atoms with E-state index in [0.717, 1.165) is 19.3 Å². The SMILES string of the molecule is CC1(C)CCCCC1NC(=O)c1cc(N)c(F)cc1Br. The Balaban J connectivity index is 2.18. The first-order chi connectivity index (χ1) is 9.31. The molecule has 2 rings (SSSR count). The summed E-state index contributed by atoms with van der Waals surface area (Å²) in [7, 11) is 0. The van der Waals surface area contributed by atoms with Crippen LogP contribution in [0.1, 0.15) is 49.9 Å². The van der Waals surface area contributed by atoms with Gasteiger partial charge in [0.25, 0.3) is 5.91 Å². The van der Waals surface area contributed by atoms with Gasteiger partial charge in [-0.2, -0.15) is 0 Å². The first-order valence-corrected chi connectivity index (χ1v) is 7.66. The second-order valence-electron chi connectivity index (χ2n) is 6.11. The van der Waals surface area contributed by atoms with Gasteiger partial charge in [0.2, 0.25) is 0 Å². The Kier molecular flexibility index (Phi) is 4.37. The van der Waals surface area contributed by atoms with Gasteiger partial charge in [-0.25, -0.2) is 4.39 Å². The normalized spacial score (nSPS) is 21.5. The molecule has 20 heavy (non-hydrogen) atoms. The van der Waals surface area contributed by atoms with E-state index in [-0.39, 0.29) is 23.1 Å². The van der Waals surface area contributed by atoms with Crippen LogP contribution in [0.3, 0.4) is 0 Å². The molecule has 0 aromatic heterocycles. The molecule has 110 valence electrons. The number of benzene rings is 1. The summed E-state index contributed by atoms with van der Waals surface area (Å²) in [6.45, 7) is 4.34. The van der Waals surface area contributed by atoms with E-state index < -0.39 is 5.82 Å². The van der Waals surface area contributed by atoms with E-state index in [2.05, 4.69) is 35.1 Å². The van der Waals surface area contributed by atoms with Gasteiger partial charge < -0.3 is 11.1 Å². The van der Waals surface area contributed by atoms with E-state index in [1.807, 2.05) is 0 Å². The van der Waals surface area contributed by atoms with Crippen LogP contribution in [0, 0.1) is 11.2 Å². The van der Waals surface area contributed by atoms with Gasteiger partial charge in [0.05, 0.1) is 11.3 Å². The number of anilines is 1. The highest BCUT2D eigenvalue weighted by molar-refractivity contribution is 9.10. The maximum atomic E-state index is 13.3. The van der Waals surface area contributed by atoms with Crippen LogP contribution in [0.4, 0.5) is 10.1 Å². The minimum atomic E-state index is -0.522. The average Bonchev–Trinajstić information content (AvgIpc) is 2.36. The highest BCUT2D eigenvalue weighted by Crippen LogP contribution is 2.35. The monoisotopic (exact) mass is 342 g/mol. The molecule has 1 amide bonds. The largest absolute Gasteiger partial charge is 0.396 e. The fourth-order valence-corrected chi connectivity index (χ4v) is 3.23. The van der Waals surface area contributed by atoms with Crippen LogP contribution in [0.2, 0.25) is 0 Å². The van der Waals surface area contributed by atoms with E-state index in [0.29, 0.717) is 10.0 Å². The number of carbonyl (C=O) groups excluding carboxylic acids is 1. The molecule has 1 aromatic rings. The molecule has 1 unspecified atom stereocenters. The van der Waals surface area contributed by atoms with Gasteiger partial charge >= 0.3 is 0 Å². The summed E-state index contributed by atoms with van der Waals surface area (Å²) in [5.74, 6) is -0.727. The topological polar surface area (TPSA) is 55.1 Å². The molecule has 1 atom stereocenters. The number of hydrogen-bond donors (Lipinski definition) is 2. The van der Waals surface area contributed by atoms with Crippen molar-refractivity contribution in [3.8, 4) is 0 Å². The summed E-state index contributed by atoms with van der Waals surface area (Å²) in [6.07, 6.45) is 4.41. The zero-order valence-electron chi connectivity index (χ0n) is 11.8. The van der Waals surface area contributed by atoms with Crippen LogP contribution in [0.15, 0.2) is 16.6 Å². The summed E-state index contributed by atoms with van der Waals surface area (Å²) in [5.41, 5.74) is 5.99. The van der Waals surface area contributed by atoms with Crippen molar-refractivity contribution in [3.05, 3.63) is 28.0 Å². The number of carbonyl (C=O) groups is 1. The molecular formula is C15H20BrFN2O. The van der Waals surface area contributed by atoms with Gasteiger partial charge in [0, 0.05) is 10.5 Å². The van der Waals surface area contributed by atoms with Gasteiger partial charge in [-0.3, -0.25) is 4.79 Å². The Hall–Kier alpha value is -1.10. The standard InChI is InChI=1S/C15H20BrFN2O/c1-15(2)6-4-3-5-13(15)19-14(20)9-7-12(18)11(17)8-10(9)16/h7-8,13H,3-6,18H2,1-2H3,(H,19,20). The van der Waals surface area contributed by atoms with E-state index in [4.69, 9.17) is 5.73 Å². The third-order valence-electron chi connectivity index (χ3n) is 4.14. The van der Waals surface area contributed by atoms with Crippen LogP contribution >= 0.6 is 15.9 Å². The Labute approximate surface area is 127 Å². The molecule has 0 aliphatic heterocycles. The van der Waals surface area contributed by atoms with Crippen LogP contribution in [-0.2, 0) is 0 Å². The molecule has 3 nitrogen and oxygen atoms in total. The molecule has 1 saturated carbocycles. The predicted molar refractivity (Wildman–Crippen MR) is 82.0 cm³/mol. The number of nitrogen functional groups attached to an aromatic ring is 1. The second-order valence-corrected chi connectivity index (χ2v) is 6.97. The molecule has 0 saturated heterocycles. The number of amides is 1. The zero-order chi connectivity index (χ0) is 14.9. The molecule has 0 radical (unpaired) electrons.